The summed E-state index contributed by atoms with van der Waals surface area (Å²) in [5.74, 6) is 0.537. The van der Waals surface area contributed by atoms with Crippen LogP contribution < -0.4 is 5.32 Å². The molecule has 2 heterocycles. The fourth-order valence-corrected chi connectivity index (χ4v) is 3.40. The number of fused-ring (bicyclic) bond motifs is 1. The second-order valence-electron chi connectivity index (χ2n) is 7.36. The number of nitrogens with one attached hydrogen (secondary N) is 1. The number of rotatable bonds is 7. The van der Waals surface area contributed by atoms with Gasteiger partial charge in [0, 0.05) is 13.0 Å². The van der Waals surface area contributed by atoms with Crippen molar-refractivity contribution in [3.05, 3.63) is 47.3 Å². The number of aryl methyl sites for hydroxylation is 3. The summed E-state index contributed by atoms with van der Waals surface area (Å²) < 4.78 is 3.82. The highest BCUT2D eigenvalue weighted by molar-refractivity contribution is 5.79. The molecule has 1 aromatic carbocycles. The Bertz CT molecular complexity index is 920. The van der Waals surface area contributed by atoms with Gasteiger partial charge in [0.2, 0.25) is 5.91 Å². The predicted molar refractivity (Wildman–Crippen MR) is 108 cm³/mol. The van der Waals surface area contributed by atoms with Crippen LogP contribution in [-0.4, -0.2) is 25.5 Å². The average molecular weight is 367 g/mol. The Morgan fingerprint density at radius 3 is 2.41 bits per heavy atom. The van der Waals surface area contributed by atoms with Crippen LogP contribution in [0.1, 0.15) is 62.9 Å². The van der Waals surface area contributed by atoms with Gasteiger partial charge in [-0.2, -0.15) is 10.2 Å². The van der Waals surface area contributed by atoms with E-state index in [1.165, 1.54) is 5.56 Å². The number of carbonyl (C=O) groups excluding carboxylic acids is 1. The summed E-state index contributed by atoms with van der Waals surface area (Å²) in [4.78, 5) is 12.4. The van der Waals surface area contributed by atoms with Crippen molar-refractivity contribution in [1.29, 1.82) is 0 Å². The summed E-state index contributed by atoms with van der Waals surface area (Å²) >= 11 is 0. The maximum Gasteiger partial charge on any atom is 0.222 e. The van der Waals surface area contributed by atoms with E-state index in [1.807, 2.05) is 29.4 Å². The first-order valence-corrected chi connectivity index (χ1v) is 9.68. The quantitative estimate of drug-likeness (QED) is 0.688. The molecule has 6 nitrogen and oxygen atoms in total. The van der Waals surface area contributed by atoms with Crippen LogP contribution in [0, 0.1) is 6.92 Å². The van der Waals surface area contributed by atoms with Crippen LogP contribution in [0.5, 0.6) is 0 Å². The van der Waals surface area contributed by atoms with E-state index < -0.39 is 0 Å². The molecule has 0 bridgehead atoms. The molecule has 3 rings (SSSR count). The molecule has 0 aliphatic rings. The summed E-state index contributed by atoms with van der Waals surface area (Å²) in [5.41, 5.74) is 5.41. The summed E-state index contributed by atoms with van der Waals surface area (Å²) in [6.45, 7) is 11.8. The predicted octanol–water partition coefficient (Wildman–Crippen LogP) is 3.95. The molecule has 0 aliphatic carbocycles. The summed E-state index contributed by atoms with van der Waals surface area (Å²) in [7, 11) is 0. The SMILES string of the molecule is CCn1nc(C)c2c1cnn2CCC(=O)NC(C)c1ccc(C(C)C)cc1. The van der Waals surface area contributed by atoms with Crippen LogP contribution in [-0.2, 0) is 17.9 Å². The van der Waals surface area contributed by atoms with E-state index >= 15 is 0 Å². The minimum atomic E-state index is -0.0130. The zero-order valence-corrected chi connectivity index (χ0v) is 16.9. The first-order chi connectivity index (χ1) is 12.9. The first kappa shape index (κ1) is 19.1. The summed E-state index contributed by atoms with van der Waals surface area (Å²) in [6.07, 6.45) is 2.22. The molecule has 1 unspecified atom stereocenters. The van der Waals surface area contributed by atoms with Crippen molar-refractivity contribution in [2.24, 2.45) is 0 Å². The zero-order valence-electron chi connectivity index (χ0n) is 16.9. The van der Waals surface area contributed by atoms with Gasteiger partial charge >= 0.3 is 0 Å². The van der Waals surface area contributed by atoms with Crippen molar-refractivity contribution >= 4 is 16.9 Å². The molecule has 0 spiro atoms. The summed E-state index contributed by atoms with van der Waals surface area (Å²) in [6, 6.07) is 8.45. The third-order valence-corrected chi connectivity index (χ3v) is 5.04. The normalized spacial score (nSPS) is 12.7. The van der Waals surface area contributed by atoms with E-state index in [0.717, 1.165) is 28.8 Å². The molecule has 1 N–H and O–H groups in total. The molecular formula is C21H29N5O. The van der Waals surface area contributed by atoms with Gasteiger partial charge in [-0.3, -0.25) is 14.2 Å². The second kappa shape index (κ2) is 7.94. The zero-order chi connectivity index (χ0) is 19.6. The monoisotopic (exact) mass is 367 g/mol. The smallest absolute Gasteiger partial charge is 0.222 e. The molecule has 6 heteroatoms. The van der Waals surface area contributed by atoms with Gasteiger partial charge in [0.1, 0.15) is 11.0 Å². The molecular weight excluding hydrogens is 338 g/mol. The lowest BCUT2D eigenvalue weighted by molar-refractivity contribution is -0.122. The molecule has 144 valence electrons. The minimum absolute atomic E-state index is 0.0130. The molecule has 0 aliphatic heterocycles. The molecule has 0 saturated carbocycles. The Hall–Kier alpha value is -2.63. The highest BCUT2D eigenvalue weighted by Crippen LogP contribution is 2.20. The van der Waals surface area contributed by atoms with E-state index in [2.05, 4.69) is 60.6 Å². The highest BCUT2D eigenvalue weighted by atomic mass is 16.1. The van der Waals surface area contributed by atoms with Gasteiger partial charge < -0.3 is 5.32 Å². The van der Waals surface area contributed by atoms with E-state index in [1.54, 1.807) is 0 Å². The molecule has 0 radical (unpaired) electrons. The number of aromatic nitrogens is 4. The van der Waals surface area contributed by atoms with Crippen molar-refractivity contribution in [1.82, 2.24) is 24.9 Å². The lowest BCUT2D eigenvalue weighted by Crippen LogP contribution is -2.27. The maximum absolute atomic E-state index is 12.4. The van der Waals surface area contributed by atoms with Crippen LogP contribution in [0.4, 0.5) is 0 Å². The third-order valence-electron chi connectivity index (χ3n) is 5.04. The molecule has 2 aromatic heterocycles. The van der Waals surface area contributed by atoms with Crippen LogP contribution in [0.3, 0.4) is 0 Å². The largest absolute Gasteiger partial charge is 0.350 e. The number of nitrogens with zero attached hydrogens (tertiary/aromatic N) is 4. The molecule has 1 amide bonds. The van der Waals surface area contributed by atoms with E-state index in [9.17, 15) is 4.79 Å². The lowest BCUT2D eigenvalue weighted by atomic mass is 9.99. The second-order valence-corrected chi connectivity index (χ2v) is 7.36. The Labute approximate surface area is 160 Å². The third kappa shape index (κ3) is 4.04. The van der Waals surface area contributed by atoms with Gasteiger partial charge in [0.05, 0.1) is 24.5 Å². The number of hydrogen-bond donors (Lipinski definition) is 1. The van der Waals surface area contributed by atoms with Crippen LogP contribution in [0.2, 0.25) is 0 Å². The van der Waals surface area contributed by atoms with E-state index in [4.69, 9.17) is 0 Å². The maximum atomic E-state index is 12.4. The number of carbonyl (C=O) groups is 1. The Morgan fingerprint density at radius 2 is 1.78 bits per heavy atom. The van der Waals surface area contributed by atoms with Crippen LogP contribution in [0.15, 0.2) is 30.5 Å². The Morgan fingerprint density at radius 1 is 1.11 bits per heavy atom. The lowest BCUT2D eigenvalue weighted by Gasteiger charge is -2.15. The van der Waals surface area contributed by atoms with Crippen LogP contribution >= 0.6 is 0 Å². The molecule has 1 atom stereocenters. The van der Waals surface area contributed by atoms with Crippen molar-refractivity contribution in [2.45, 2.75) is 66.1 Å². The van der Waals surface area contributed by atoms with E-state index in [-0.39, 0.29) is 11.9 Å². The Balaban J connectivity index is 1.60. The first-order valence-electron chi connectivity index (χ1n) is 9.68. The van der Waals surface area contributed by atoms with Crippen molar-refractivity contribution < 1.29 is 4.79 Å². The van der Waals surface area contributed by atoms with Crippen molar-refractivity contribution in [2.75, 3.05) is 0 Å². The standard InChI is InChI=1S/C21H29N5O/c1-6-25-19-13-22-26(21(19)16(5)24-25)12-11-20(27)23-15(4)18-9-7-17(8-10-18)14(2)3/h7-10,13-15H,6,11-12H2,1-5H3,(H,23,27). The van der Waals surface area contributed by atoms with Crippen LogP contribution in [0.25, 0.3) is 11.0 Å². The fourth-order valence-electron chi connectivity index (χ4n) is 3.40. The highest BCUT2D eigenvalue weighted by Gasteiger charge is 2.15. The van der Waals surface area contributed by atoms with Gasteiger partial charge in [0.15, 0.2) is 0 Å². The van der Waals surface area contributed by atoms with Gasteiger partial charge in [0.25, 0.3) is 0 Å². The fraction of sp³-hybridized carbons (Fsp3) is 0.476. The number of benzene rings is 1. The van der Waals surface area contributed by atoms with E-state index in [0.29, 0.717) is 18.9 Å². The van der Waals surface area contributed by atoms with Gasteiger partial charge in [-0.1, -0.05) is 38.1 Å². The molecule has 0 saturated heterocycles. The van der Waals surface area contributed by atoms with Gasteiger partial charge in [-0.25, -0.2) is 0 Å². The Kier molecular flexibility index (Phi) is 5.63. The molecule has 0 fully saturated rings. The minimum Gasteiger partial charge on any atom is -0.350 e. The molecule has 27 heavy (non-hydrogen) atoms. The topological polar surface area (TPSA) is 64.7 Å². The molecule has 3 aromatic rings. The van der Waals surface area contributed by atoms with Gasteiger partial charge in [-0.15, -0.1) is 0 Å². The van der Waals surface area contributed by atoms with Crippen molar-refractivity contribution in [3.63, 3.8) is 0 Å². The number of amides is 1. The number of hydrogen-bond acceptors (Lipinski definition) is 3. The average Bonchev–Trinajstić information content (AvgIpc) is 3.21. The van der Waals surface area contributed by atoms with Crippen molar-refractivity contribution in [3.8, 4) is 0 Å². The summed E-state index contributed by atoms with van der Waals surface area (Å²) in [5, 5.41) is 12.0. The van der Waals surface area contributed by atoms with Gasteiger partial charge in [-0.05, 0) is 37.8 Å².